The number of benzene rings is 2. The molecule has 0 fully saturated rings. The Morgan fingerprint density at radius 2 is 1.83 bits per heavy atom. The lowest BCUT2D eigenvalue weighted by Gasteiger charge is -2.08. The zero-order valence-corrected chi connectivity index (χ0v) is 20.1. The van der Waals surface area contributed by atoms with Crippen molar-refractivity contribution in [2.75, 3.05) is 18.2 Å². The Hall–Kier alpha value is -3.77. The van der Waals surface area contributed by atoms with Crippen LogP contribution in [0.15, 0.2) is 70.0 Å². The molecule has 5 aromatic rings. The molecule has 35 heavy (non-hydrogen) atoms. The van der Waals surface area contributed by atoms with Gasteiger partial charge in [-0.1, -0.05) is 29.4 Å². The number of nitrogen functional groups attached to an aromatic ring is 1. The van der Waals surface area contributed by atoms with Gasteiger partial charge < -0.3 is 10.5 Å². The number of thioether (sulfide) groups is 1. The molecule has 8 nitrogen and oxygen atoms in total. The summed E-state index contributed by atoms with van der Waals surface area (Å²) in [6, 6.07) is 15.9. The van der Waals surface area contributed by atoms with Crippen LogP contribution in [0, 0.1) is 5.82 Å². The molecule has 3 aromatic heterocycles. The molecule has 0 spiro atoms. The van der Waals surface area contributed by atoms with Crippen molar-refractivity contribution in [3.05, 3.63) is 77.0 Å². The van der Waals surface area contributed by atoms with Gasteiger partial charge in [0, 0.05) is 28.9 Å². The second-order valence-electron chi connectivity index (χ2n) is 7.17. The number of nitrogens with two attached hydrogens (primary N) is 1. The molecule has 12 heteroatoms. The molecule has 3 heterocycles. The van der Waals surface area contributed by atoms with Crippen LogP contribution >= 0.6 is 24.1 Å². The molecule has 0 aliphatic heterocycles. The van der Waals surface area contributed by atoms with E-state index in [1.54, 1.807) is 60.3 Å². The van der Waals surface area contributed by atoms with Crippen LogP contribution < -0.4 is 16.2 Å². The van der Waals surface area contributed by atoms with E-state index in [1.807, 2.05) is 12.5 Å². The summed E-state index contributed by atoms with van der Waals surface area (Å²) >= 11 is 1.61. The monoisotopic (exact) mass is 515 g/mol. The van der Waals surface area contributed by atoms with Crippen LogP contribution in [-0.4, -0.2) is 31.6 Å². The normalized spacial score (nSPS) is 10.7. The second-order valence-corrected chi connectivity index (χ2v) is 8.49. The summed E-state index contributed by atoms with van der Waals surface area (Å²) in [6.07, 6.45) is 4.08. The number of pyridine rings is 1. The summed E-state index contributed by atoms with van der Waals surface area (Å²) in [6.45, 7) is 0. The minimum Gasteiger partial charge on any atom is -0.440 e. The van der Waals surface area contributed by atoms with E-state index in [-0.39, 0.29) is 35.2 Å². The zero-order chi connectivity index (χ0) is 24.9. The molecular formula is C23H19F2N5O3S2. The van der Waals surface area contributed by atoms with Crippen LogP contribution in [0.4, 0.5) is 14.0 Å². The highest BCUT2D eigenvalue weighted by Crippen LogP contribution is 2.36. The fourth-order valence-corrected chi connectivity index (χ4v) is 3.60. The number of anilines is 1. The molecule has 0 aliphatic rings. The standard InChI is InChI=1S/C21H13F2N5O3S.C2H6S/c22-15-9-17-16(25-19(15)11-4-6-13(24)7-5-11)10-18(28(17)32-23)30-14-3-1-2-12(8-14)20-26-21(29)31-27-20;1-3-2/h1-10H,24H2,(H,26,27,29);1-2H3. The van der Waals surface area contributed by atoms with Crippen molar-refractivity contribution in [1.82, 2.24) is 19.1 Å². The number of nitrogens with zero attached hydrogens (tertiary/aromatic N) is 3. The third kappa shape index (κ3) is 5.33. The number of halogens is 2. The quantitative estimate of drug-likeness (QED) is 0.278. The molecule has 0 atom stereocenters. The molecule has 2 aromatic carbocycles. The highest BCUT2D eigenvalue weighted by atomic mass is 32.2. The largest absolute Gasteiger partial charge is 0.440 e. The average Bonchev–Trinajstić information content (AvgIpc) is 3.42. The highest BCUT2D eigenvalue weighted by molar-refractivity contribution is 7.97. The Bertz CT molecular complexity index is 1520. The van der Waals surface area contributed by atoms with Crippen LogP contribution in [0.3, 0.4) is 0 Å². The van der Waals surface area contributed by atoms with E-state index < -0.39 is 11.6 Å². The van der Waals surface area contributed by atoms with Crippen molar-refractivity contribution >= 4 is 40.8 Å². The predicted octanol–water partition coefficient (Wildman–Crippen LogP) is 5.92. The van der Waals surface area contributed by atoms with E-state index >= 15 is 0 Å². The van der Waals surface area contributed by atoms with Gasteiger partial charge in [-0.25, -0.2) is 18.1 Å². The Morgan fingerprint density at radius 1 is 1.09 bits per heavy atom. The number of fused-ring (bicyclic) bond motifs is 1. The molecule has 0 amide bonds. The molecule has 0 saturated carbocycles. The van der Waals surface area contributed by atoms with Gasteiger partial charge in [0.1, 0.15) is 11.4 Å². The number of nitrogens with one attached hydrogen (secondary N) is 1. The van der Waals surface area contributed by atoms with Gasteiger partial charge in [0.15, 0.2) is 24.0 Å². The Labute approximate surface area is 206 Å². The number of aromatic nitrogens is 4. The first-order valence-electron chi connectivity index (χ1n) is 10.0. The molecule has 0 bridgehead atoms. The van der Waals surface area contributed by atoms with Gasteiger partial charge >= 0.3 is 5.76 Å². The highest BCUT2D eigenvalue weighted by Gasteiger charge is 2.18. The summed E-state index contributed by atoms with van der Waals surface area (Å²) in [7, 11) is 0. The number of ether oxygens (including phenoxy) is 1. The fourth-order valence-electron chi connectivity index (χ4n) is 3.22. The van der Waals surface area contributed by atoms with Crippen LogP contribution in [0.2, 0.25) is 0 Å². The van der Waals surface area contributed by atoms with Crippen LogP contribution in [-0.2, 0) is 0 Å². The molecule has 0 radical (unpaired) electrons. The van der Waals surface area contributed by atoms with Gasteiger partial charge in [-0.3, -0.25) is 9.51 Å². The van der Waals surface area contributed by atoms with Gasteiger partial charge in [0.2, 0.25) is 5.88 Å². The van der Waals surface area contributed by atoms with E-state index in [1.165, 1.54) is 12.1 Å². The van der Waals surface area contributed by atoms with Gasteiger partial charge in [-0.2, -0.15) is 11.8 Å². The molecule has 0 unspecified atom stereocenters. The lowest BCUT2D eigenvalue weighted by Crippen LogP contribution is -1.95. The number of aromatic amines is 1. The molecule has 5 rings (SSSR count). The number of H-pyrrole nitrogens is 1. The Kier molecular flexibility index (Phi) is 7.42. The minimum atomic E-state index is -0.690. The van der Waals surface area contributed by atoms with E-state index in [2.05, 4.69) is 19.6 Å². The summed E-state index contributed by atoms with van der Waals surface area (Å²) in [5.41, 5.74) is 7.97. The molecule has 0 aliphatic carbocycles. The van der Waals surface area contributed by atoms with Gasteiger partial charge in [0.25, 0.3) is 0 Å². The number of hydrogen-bond acceptors (Lipinski definition) is 8. The smallest absolute Gasteiger partial charge is 0.439 e. The van der Waals surface area contributed by atoms with Crippen molar-refractivity contribution < 1.29 is 17.5 Å². The van der Waals surface area contributed by atoms with Gasteiger partial charge in [-0.05, 0) is 36.8 Å². The van der Waals surface area contributed by atoms with Gasteiger partial charge in [0.05, 0.1) is 11.0 Å². The molecule has 0 saturated heterocycles. The molecular weight excluding hydrogens is 496 g/mol. The zero-order valence-electron chi connectivity index (χ0n) is 18.5. The maximum Gasteiger partial charge on any atom is 0.439 e. The number of rotatable bonds is 5. The predicted molar refractivity (Wildman–Crippen MR) is 136 cm³/mol. The summed E-state index contributed by atoms with van der Waals surface area (Å²) in [5, 5.41) is 3.63. The Morgan fingerprint density at radius 3 is 2.49 bits per heavy atom. The third-order valence-electron chi connectivity index (χ3n) is 4.69. The second kappa shape index (κ2) is 10.7. The van der Waals surface area contributed by atoms with E-state index in [0.29, 0.717) is 28.1 Å². The lowest BCUT2D eigenvalue weighted by molar-refractivity contribution is 0.388. The van der Waals surface area contributed by atoms with Crippen molar-refractivity contribution in [2.24, 2.45) is 0 Å². The number of hydrogen-bond donors (Lipinski definition) is 2. The van der Waals surface area contributed by atoms with Crippen LogP contribution in [0.25, 0.3) is 33.7 Å². The topological polar surface area (TPSA) is 112 Å². The van der Waals surface area contributed by atoms with E-state index in [0.717, 1.165) is 3.97 Å². The maximum atomic E-state index is 14.8. The minimum absolute atomic E-state index is 0.0969. The third-order valence-corrected chi connectivity index (χ3v) is 5.20. The Balaban J connectivity index is 0.000000917. The average molecular weight is 516 g/mol. The summed E-state index contributed by atoms with van der Waals surface area (Å²) < 4.78 is 40.0. The maximum absolute atomic E-state index is 14.8. The van der Waals surface area contributed by atoms with Gasteiger partial charge in [-0.15, -0.1) is 3.89 Å². The summed E-state index contributed by atoms with van der Waals surface area (Å²) in [5.74, 6) is -0.648. The van der Waals surface area contributed by atoms with Crippen LogP contribution in [0.5, 0.6) is 11.6 Å². The van der Waals surface area contributed by atoms with Crippen molar-refractivity contribution in [3.8, 4) is 34.3 Å². The molecule has 180 valence electrons. The van der Waals surface area contributed by atoms with E-state index in [4.69, 9.17) is 10.5 Å². The molecule has 3 N–H and O–H groups in total. The van der Waals surface area contributed by atoms with Crippen molar-refractivity contribution in [1.29, 1.82) is 0 Å². The van der Waals surface area contributed by atoms with Crippen LogP contribution in [0.1, 0.15) is 0 Å². The van der Waals surface area contributed by atoms with Crippen molar-refractivity contribution in [2.45, 2.75) is 0 Å². The SMILES string of the molecule is CSC.Nc1ccc(-c2nc3cc(Oc4cccc(-c5noc(=O)[nH]5)c4)n(SF)c3cc2F)cc1. The van der Waals surface area contributed by atoms with Crippen molar-refractivity contribution in [3.63, 3.8) is 0 Å². The first-order valence-corrected chi connectivity index (χ1v) is 12.4. The first-order chi connectivity index (χ1) is 16.9. The first kappa shape index (κ1) is 24.4. The van der Waals surface area contributed by atoms with E-state index in [9.17, 15) is 13.1 Å². The fraction of sp³-hybridized carbons (Fsp3) is 0.0870. The summed E-state index contributed by atoms with van der Waals surface area (Å²) in [4.78, 5) is 18.0. The lowest BCUT2D eigenvalue weighted by atomic mass is 10.1.